The van der Waals surface area contributed by atoms with E-state index in [1.807, 2.05) is 12.1 Å². The predicted octanol–water partition coefficient (Wildman–Crippen LogP) is 2.67. The van der Waals surface area contributed by atoms with Gasteiger partial charge in [-0.15, -0.1) is 0 Å². The van der Waals surface area contributed by atoms with Crippen LogP contribution in [0, 0.1) is 3.57 Å². The largest absolute Gasteiger partial charge is 0.508 e. The highest BCUT2D eigenvalue weighted by molar-refractivity contribution is 14.1. The molecule has 104 valence electrons. The number of halogens is 1. The van der Waals surface area contributed by atoms with Crippen LogP contribution in [0.25, 0.3) is 0 Å². The lowest BCUT2D eigenvalue weighted by Crippen LogP contribution is -2.12. The number of carbonyl (C=O) groups excluding carboxylic acids is 1. The number of ketones is 1. The van der Waals surface area contributed by atoms with Crippen molar-refractivity contribution < 1.29 is 24.9 Å². The predicted molar refractivity (Wildman–Crippen MR) is 80.4 cm³/mol. The smallest absolute Gasteiger partial charge is 0.207 e. The van der Waals surface area contributed by atoms with E-state index in [4.69, 9.17) is 4.74 Å². The van der Waals surface area contributed by atoms with E-state index in [-0.39, 0.29) is 17.9 Å². The Labute approximate surface area is 128 Å². The van der Waals surface area contributed by atoms with Crippen molar-refractivity contribution in [2.45, 2.75) is 0 Å². The molecule has 2 aromatic carbocycles. The van der Waals surface area contributed by atoms with Gasteiger partial charge in [0.05, 0.1) is 0 Å². The monoisotopic (exact) mass is 386 g/mol. The van der Waals surface area contributed by atoms with Gasteiger partial charge in [-0.25, -0.2) is 0 Å². The molecule has 0 bridgehead atoms. The molecule has 0 fully saturated rings. The van der Waals surface area contributed by atoms with Gasteiger partial charge in [0, 0.05) is 15.7 Å². The lowest BCUT2D eigenvalue weighted by atomic mass is 10.1. The van der Waals surface area contributed by atoms with Gasteiger partial charge in [0.1, 0.15) is 28.6 Å². The third-order valence-electron chi connectivity index (χ3n) is 2.54. The molecule has 0 aromatic heterocycles. The zero-order chi connectivity index (χ0) is 14.7. The summed E-state index contributed by atoms with van der Waals surface area (Å²) in [7, 11) is 0. The Morgan fingerprint density at radius 1 is 1.05 bits per heavy atom. The minimum atomic E-state index is -0.585. The Morgan fingerprint density at radius 3 is 2.15 bits per heavy atom. The summed E-state index contributed by atoms with van der Waals surface area (Å²) in [5, 5.41) is 28.3. The lowest BCUT2D eigenvalue weighted by Gasteiger charge is -2.09. The zero-order valence-electron chi connectivity index (χ0n) is 10.2. The lowest BCUT2D eigenvalue weighted by molar-refractivity contribution is 0.0916. The van der Waals surface area contributed by atoms with Crippen molar-refractivity contribution in [2.24, 2.45) is 0 Å². The van der Waals surface area contributed by atoms with E-state index in [1.165, 1.54) is 0 Å². The Kier molecular flexibility index (Phi) is 4.33. The normalized spacial score (nSPS) is 10.2. The van der Waals surface area contributed by atoms with Crippen molar-refractivity contribution in [2.75, 3.05) is 6.61 Å². The fourth-order valence-electron chi connectivity index (χ4n) is 1.63. The van der Waals surface area contributed by atoms with E-state index in [0.717, 1.165) is 15.7 Å². The van der Waals surface area contributed by atoms with Crippen molar-refractivity contribution in [1.82, 2.24) is 0 Å². The number of carbonyl (C=O) groups is 1. The van der Waals surface area contributed by atoms with Crippen LogP contribution in [0.3, 0.4) is 0 Å². The molecule has 5 nitrogen and oxygen atoms in total. The van der Waals surface area contributed by atoms with E-state index in [1.54, 1.807) is 12.1 Å². The first-order chi connectivity index (χ1) is 9.47. The first-order valence-corrected chi connectivity index (χ1v) is 6.72. The Morgan fingerprint density at radius 2 is 1.60 bits per heavy atom. The first kappa shape index (κ1) is 14.4. The number of aromatic hydroxyl groups is 3. The molecule has 0 saturated carbocycles. The molecule has 0 atom stereocenters. The summed E-state index contributed by atoms with van der Waals surface area (Å²) in [5.74, 6) is -1.37. The van der Waals surface area contributed by atoms with Crippen LogP contribution in [0.1, 0.15) is 10.4 Å². The fourth-order valence-corrected chi connectivity index (χ4v) is 1.99. The van der Waals surface area contributed by atoms with E-state index in [9.17, 15) is 20.1 Å². The Balaban J connectivity index is 2.11. The number of phenols is 3. The van der Waals surface area contributed by atoms with Crippen LogP contribution in [0.4, 0.5) is 0 Å². The van der Waals surface area contributed by atoms with Crippen molar-refractivity contribution >= 4 is 28.4 Å². The molecule has 0 saturated heterocycles. The van der Waals surface area contributed by atoms with E-state index in [2.05, 4.69) is 22.6 Å². The van der Waals surface area contributed by atoms with Crippen LogP contribution in [-0.2, 0) is 0 Å². The average molecular weight is 386 g/mol. The van der Waals surface area contributed by atoms with Gasteiger partial charge in [-0.3, -0.25) is 4.79 Å². The molecule has 0 aliphatic heterocycles. The third kappa shape index (κ3) is 3.32. The highest BCUT2D eigenvalue weighted by atomic mass is 127. The van der Waals surface area contributed by atoms with Gasteiger partial charge in [0.25, 0.3) is 0 Å². The second kappa shape index (κ2) is 6.00. The summed E-state index contributed by atoms with van der Waals surface area (Å²) in [6.45, 7) is -0.327. The van der Waals surface area contributed by atoms with Gasteiger partial charge >= 0.3 is 0 Å². The minimum absolute atomic E-state index is 0.270. The van der Waals surface area contributed by atoms with Crippen LogP contribution in [0.5, 0.6) is 23.0 Å². The summed E-state index contributed by atoms with van der Waals surface area (Å²) >= 11 is 2.15. The molecule has 0 unspecified atom stereocenters. The zero-order valence-corrected chi connectivity index (χ0v) is 12.4. The molecule has 0 heterocycles. The van der Waals surface area contributed by atoms with Crippen LogP contribution in [0.15, 0.2) is 36.4 Å². The number of Topliss-reactive ketones (excluding diaryl/α,β-unsaturated/α-hetero) is 1. The van der Waals surface area contributed by atoms with Gasteiger partial charge in [0.15, 0.2) is 6.61 Å². The van der Waals surface area contributed by atoms with Crippen molar-refractivity contribution in [1.29, 1.82) is 0 Å². The summed E-state index contributed by atoms with van der Waals surface area (Å²) in [4.78, 5) is 11.9. The number of rotatable bonds is 4. The van der Waals surface area contributed by atoms with Crippen molar-refractivity contribution in [3.63, 3.8) is 0 Å². The van der Waals surface area contributed by atoms with E-state index < -0.39 is 17.3 Å². The number of hydrogen-bond donors (Lipinski definition) is 3. The molecule has 0 radical (unpaired) electrons. The molecular weight excluding hydrogens is 375 g/mol. The second-order valence-electron chi connectivity index (χ2n) is 4.02. The van der Waals surface area contributed by atoms with Gasteiger partial charge in [-0.05, 0) is 46.9 Å². The molecule has 0 aliphatic rings. The van der Waals surface area contributed by atoms with Gasteiger partial charge < -0.3 is 20.1 Å². The molecule has 3 N–H and O–H groups in total. The molecule has 2 aromatic rings. The van der Waals surface area contributed by atoms with Crippen LogP contribution in [-0.4, -0.2) is 27.7 Å². The Bertz CT molecular complexity index is 614. The molecule has 0 amide bonds. The fraction of sp³-hybridized carbons (Fsp3) is 0.0714. The molecule has 6 heteroatoms. The molecule has 2 rings (SSSR count). The molecule has 0 aliphatic carbocycles. The maximum Gasteiger partial charge on any atom is 0.207 e. The van der Waals surface area contributed by atoms with Gasteiger partial charge in [0.2, 0.25) is 5.78 Å². The summed E-state index contributed by atoms with van der Waals surface area (Å²) < 4.78 is 6.32. The number of hydrogen-bond acceptors (Lipinski definition) is 5. The number of phenolic OH excluding ortho intramolecular Hbond substituents is 3. The van der Waals surface area contributed by atoms with E-state index in [0.29, 0.717) is 5.75 Å². The topological polar surface area (TPSA) is 87.0 Å². The third-order valence-corrected chi connectivity index (χ3v) is 3.26. The van der Waals surface area contributed by atoms with Gasteiger partial charge in [-0.1, -0.05) is 0 Å². The second-order valence-corrected chi connectivity index (χ2v) is 5.27. The summed E-state index contributed by atoms with van der Waals surface area (Å²) in [5.41, 5.74) is -0.270. The standard InChI is InChI=1S/C14H11IO5/c15-8-1-3-10(4-2-8)20-7-13(19)14-11(17)5-9(16)6-12(14)18/h1-6,16-18H,7H2. The maximum absolute atomic E-state index is 11.9. The Hall–Kier alpha value is -1.96. The highest BCUT2D eigenvalue weighted by Gasteiger charge is 2.18. The molecule has 20 heavy (non-hydrogen) atoms. The van der Waals surface area contributed by atoms with Crippen LogP contribution in [0.2, 0.25) is 0 Å². The first-order valence-electron chi connectivity index (χ1n) is 5.64. The van der Waals surface area contributed by atoms with Gasteiger partial charge in [-0.2, -0.15) is 0 Å². The molecule has 0 spiro atoms. The number of ether oxygens (including phenoxy) is 1. The minimum Gasteiger partial charge on any atom is -0.508 e. The maximum atomic E-state index is 11.9. The SMILES string of the molecule is O=C(COc1ccc(I)cc1)c1c(O)cc(O)cc1O. The number of benzene rings is 2. The quantitative estimate of drug-likeness (QED) is 0.556. The van der Waals surface area contributed by atoms with Crippen molar-refractivity contribution in [3.8, 4) is 23.0 Å². The highest BCUT2D eigenvalue weighted by Crippen LogP contribution is 2.32. The van der Waals surface area contributed by atoms with E-state index >= 15 is 0 Å². The van der Waals surface area contributed by atoms with Crippen LogP contribution < -0.4 is 4.74 Å². The molecular formula is C14H11IO5. The summed E-state index contributed by atoms with van der Waals surface area (Å²) in [6, 6.07) is 9.05. The summed E-state index contributed by atoms with van der Waals surface area (Å²) in [6.07, 6.45) is 0. The van der Waals surface area contributed by atoms with Crippen molar-refractivity contribution in [3.05, 3.63) is 45.5 Å². The van der Waals surface area contributed by atoms with Crippen LogP contribution >= 0.6 is 22.6 Å². The average Bonchev–Trinajstić information content (AvgIpc) is 2.37.